The predicted molar refractivity (Wildman–Crippen MR) is 116 cm³/mol. The Balaban J connectivity index is 1.50. The third-order valence-corrected chi connectivity index (χ3v) is 5.19. The summed E-state index contributed by atoms with van der Waals surface area (Å²) in [6.07, 6.45) is -1.41. The van der Waals surface area contributed by atoms with Crippen LogP contribution in [0.15, 0.2) is 42.5 Å². The van der Waals surface area contributed by atoms with Gasteiger partial charge in [-0.05, 0) is 57.0 Å². The van der Waals surface area contributed by atoms with Crippen molar-refractivity contribution in [1.82, 2.24) is 10.9 Å². The van der Waals surface area contributed by atoms with E-state index in [1.165, 1.54) is 4.90 Å². The Hall–Kier alpha value is -3.55. The minimum Gasteiger partial charge on any atom is -0.481 e. The van der Waals surface area contributed by atoms with Crippen LogP contribution in [-0.4, -0.2) is 36.5 Å². The fourth-order valence-electron chi connectivity index (χ4n) is 3.19. The van der Waals surface area contributed by atoms with E-state index in [4.69, 9.17) is 9.47 Å². The Labute approximate surface area is 181 Å². The lowest BCUT2D eigenvalue weighted by molar-refractivity contribution is -0.132. The number of rotatable bonds is 6. The molecule has 8 nitrogen and oxygen atoms in total. The third kappa shape index (κ3) is 5.14. The standard InChI is InChI=1S/C23H27N3O5/c1-14-8-7-11-19(15(14)2)30-16(3)22(28)25-24-21(27)12-13-26-18-9-5-6-10-20(18)31-17(4)23(26)29/h5-11,16-17H,12-13H2,1-4H3,(H,24,27)(H,25,28)/t16-,17+/m1/s1. The lowest BCUT2D eigenvalue weighted by atomic mass is 10.1. The number of hydrazine groups is 1. The first-order valence-corrected chi connectivity index (χ1v) is 10.2. The molecule has 2 atom stereocenters. The quantitative estimate of drug-likeness (QED) is 0.693. The number of fused-ring (bicyclic) bond motifs is 1. The molecule has 3 amide bonds. The Bertz CT molecular complexity index is 991. The highest BCUT2D eigenvalue weighted by Crippen LogP contribution is 2.33. The second-order valence-corrected chi connectivity index (χ2v) is 7.46. The molecule has 0 bridgehead atoms. The average Bonchev–Trinajstić information content (AvgIpc) is 2.75. The van der Waals surface area contributed by atoms with Crippen LogP contribution in [0.4, 0.5) is 5.69 Å². The molecule has 2 aromatic carbocycles. The highest BCUT2D eigenvalue weighted by Gasteiger charge is 2.31. The summed E-state index contributed by atoms with van der Waals surface area (Å²) in [4.78, 5) is 38.5. The van der Waals surface area contributed by atoms with E-state index in [1.54, 1.807) is 38.1 Å². The number of anilines is 1. The molecule has 1 heterocycles. The molecule has 0 fully saturated rings. The zero-order valence-electron chi connectivity index (χ0n) is 18.1. The van der Waals surface area contributed by atoms with Gasteiger partial charge in [0.1, 0.15) is 11.5 Å². The number of carbonyl (C=O) groups excluding carboxylic acids is 3. The van der Waals surface area contributed by atoms with Crippen molar-refractivity contribution in [3.8, 4) is 11.5 Å². The van der Waals surface area contributed by atoms with Gasteiger partial charge in [0.15, 0.2) is 12.2 Å². The van der Waals surface area contributed by atoms with Crippen LogP contribution in [0.3, 0.4) is 0 Å². The van der Waals surface area contributed by atoms with Crippen LogP contribution in [0.2, 0.25) is 0 Å². The second-order valence-electron chi connectivity index (χ2n) is 7.46. The minimum atomic E-state index is -0.797. The lowest BCUT2D eigenvalue weighted by Gasteiger charge is -2.32. The van der Waals surface area contributed by atoms with Crippen molar-refractivity contribution in [2.24, 2.45) is 0 Å². The molecule has 0 aromatic heterocycles. The smallest absolute Gasteiger partial charge is 0.279 e. The normalized spacial score (nSPS) is 16.1. The molecule has 2 N–H and O–H groups in total. The van der Waals surface area contributed by atoms with Crippen LogP contribution >= 0.6 is 0 Å². The number of carbonyl (C=O) groups is 3. The van der Waals surface area contributed by atoms with Gasteiger partial charge in [-0.2, -0.15) is 0 Å². The van der Waals surface area contributed by atoms with Crippen LogP contribution in [0.25, 0.3) is 0 Å². The van der Waals surface area contributed by atoms with E-state index in [1.807, 2.05) is 32.0 Å². The number of nitrogens with zero attached hydrogens (tertiary/aromatic N) is 1. The van der Waals surface area contributed by atoms with Gasteiger partial charge in [0.05, 0.1) is 5.69 Å². The van der Waals surface area contributed by atoms with Crippen molar-refractivity contribution in [2.75, 3.05) is 11.4 Å². The maximum absolute atomic E-state index is 12.5. The van der Waals surface area contributed by atoms with Crippen LogP contribution in [-0.2, 0) is 14.4 Å². The molecule has 0 radical (unpaired) electrons. The number of ether oxygens (including phenoxy) is 2. The number of hydrogen-bond acceptors (Lipinski definition) is 5. The monoisotopic (exact) mass is 425 g/mol. The van der Waals surface area contributed by atoms with E-state index in [0.717, 1.165) is 11.1 Å². The predicted octanol–water partition coefficient (Wildman–Crippen LogP) is 2.42. The maximum Gasteiger partial charge on any atom is 0.279 e. The molecule has 0 aliphatic carbocycles. The fourth-order valence-corrected chi connectivity index (χ4v) is 3.19. The van der Waals surface area contributed by atoms with Crippen molar-refractivity contribution >= 4 is 23.4 Å². The largest absolute Gasteiger partial charge is 0.481 e. The zero-order chi connectivity index (χ0) is 22.5. The molecule has 8 heteroatoms. The molecule has 1 aliphatic heterocycles. The van der Waals surface area contributed by atoms with Crippen molar-refractivity contribution in [1.29, 1.82) is 0 Å². The lowest BCUT2D eigenvalue weighted by Crippen LogP contribution is -2.49. The van der Waals surface area contributed by atoms with E-state index in [0.29, 0.717) is 17.2 Å². The van der Waals surface area contributed by atoms with Crippen molar-refractivity contribution in [3.63, 3.8) is 0 Å². The highest BCUT2D eigenvalue weighted by molar-refractivity contribution is 6.00. The van der Waals surface area contributed by atoms with Crippen LogP contribution < -0.4 is 25.2 Å². The minimum absolute atomic E-state index is 0.0132. The fraction of sp³-hybridized carbons (Fsp3) is 0.348. The molecule has 0 spiro atoms. The summed E-state index contributed by atoms with van der Waals surface area (Å²) in [6, 6.07) is 12.8. The number of aryl methyl sites for hydroxylation is 1. The molecule has 3 rings (SSSR count). The number of amides is 3. The highest BCUT2D eigenvalue weighted by atomic mass is 16.5. The third-order valence-electron chi connectivity index (χ3n) is 5.19. The van der Waals surface area contributed by atoms with E-state index in [-0.39, 0.29) is 18.9 Å². The molecule has 31 heavy (non-hydrogen) atoms. The molecule has 1 aliphatic rings. The summed E-state index contributed by atoms with van der Waals surface area (Å²) >= 11 is 0. The van der Waals surface area contributed by atoms with Crippen molar-refractivity contribution in [3.05, 3.63) is 53.6 Å². The molecule has 164 valence electrons. The van der Waals surface area contributed by atoms with Gasteiger partial charge >= 0.3 is 0 Å². The van der Waals surface area contributed by atoms with Gasteiger partial charge in [-0.1, -0.05) is 24.3 Å². The van der Waals surface area contributed by atoms with Crippen LogP contribution in [0.5, 0.6) is 11.5 Å². The molecule has 0 saturated heterocycles. The summed E-state index contributed by atoms with van der Waals surface area (Å²) in [5.74, 6) is 0.104. The summed E-state index contributed by atoms with van der Waals surface area (Å²) < 4.78 is 11.3. The van der Waals surface area contributed by atoms with Crippen molar-refractivity contribution < 1.29 is 23.9 Å². The van der Waals surface area contributed by atoms with Crippen molar-refractivity contribution in [2.45, 2.75) is 46.3 Å². The number of benzene rings is 2. The Morgan fingerprint density at radius 1 is 1.13 bits per heavy atom. The first-order valence-electron chi connectivity index (χ1n) is 10.2. The van der Waals surface area contributed by atoms with Gasteiger partial charge in [-0.25, -0.2) is 0 Å². The van der Waals surface area contributed by atoms with E-state index < -0.39 is 24.0 Å². The van der Waals surface area contributed by atoms with Gasteiger partial charge in [-0.15, -0.1) is 0 Å². The maximum atomic E-state index is 12.5. The number of nitrogens with one attached hydrogen (secondary N) is 2. The van der Waals surface area contributed by atoms with Crippen LogP contribution in [0.1, 0.15) is 31.4 Å². The molecular weight excluding hydrogens is 398 g/mol. The average molecular weight is 425 g/mol. The summed E-state index contributed by atoms with van der Waals surface area (Å²) in [6.45, 7) is 7.32. The Morgan fingerprint density at radius 3 is 2.65 bits per heavy atom. The Kier molecular flexibility index (Phi) is 6.79. The SMILES string of the molecule is Cc1cccc(O[C@H](C)C(=O)NNC(=O)CCN2C(=O)[C@H](C)Oc3ccccc32)c1C. The van der Waals surface area contributed by atoms with Gasteiger partial charge in [0.25, 0.3) is 11.8 Å². The summed E-state index contributed by atoms with van der Waals surface area (Å²) in [5.41, 5.74) is 7.39. The number of para-hydroxylation sites is 2. The van der Waals surface area contributed by atoms with E-state index >= 15 is 0 Å². The molecular formula is C23H27N3O5. The molecule has 0 saturated carbocycles. The summed E-state index contributed by atoms with van der Waals surface area (Å²) in [7, 11) is 0. The Morgan fingerprint density at radius 2 is 1.87 bits per heavy atom. The first-order chi connectivity index (χ1) is 14.8. The van der Waals surface area contributed by atoms with E-state index in [9.17, 15) is 14.4 Å². The van der Waals surface area contributed by atoms with Gasteiger partial charge in [-0.3, -0.25) is 25.2 Å². The first kappa shape index (κ1) is 22.1. The summed E-state index contributed by atoms with van der Waals surface area (Å²) in [5, 5.41) is 0. The zero-order valence-corrected chi connectivity index (χ0v) is 18.1. The van der Waals surface area contributed by atoms with Gasteiger partial charge < -0.3 is 14.4 Å². The van der Waals surface area contributed by atoms with E-state index in [2.05, 4.69) is 10.9 Å². The molecule has 0 unspecified atom stereocenters. The number of hydrogen-bond donors (Lipinski definition) is 2. The van der Waals surface area contributed by atoms with Gasteiger partial charge in [0, 0.05) is 13.0 Å². The van der Waals surface area contributed by atoms with Crippen LogP contribution in [0, 0.1) is 13.8 Å². The second kappa shape index (κ2) is 9.51. The molecule has 2 aromatic rings. The van der Waals surface area contributed by atoms with Gasteiger partial charge in [0.2, 0.25) is 5.91 Å². The topological polar surface area (TPSA) is 97.0 Å².